The molecule has 1 aliphatic heterocycles. The molecule has 1 N–H and O–H groups in total. The quantitative estimate of drug-likeness (QED) is 0.865. The van der Waals surface area contributed by atoms with Gasteiger partial charge in [0.2, 0.25) is 0 Å². The average Bonchev–Trinajstić information content (AvgIpc) is 3.13. The van der Waals surface area contributed by atoms with Gasteiger partial charge in [-0.05, 0) is 41.1 Å². The van der Waals surface area contributed by atoms with E-state index < -0.39 is 0 Å². The van der Waals surface area contributed by atoms with Crippen LogP contribution >= 0.6 is 11.3 Å². The van der Waals surface area contributed by atoms with Crippen molar-refractivity contribution in [2.45, 2.75) is 39.0 Å². The van der Waals surface area contributed by atoms with Gasteiger partial charge < -0.3 is 10.1 Å². The van der Waals surface area contributed by atoms with E-state index >= 15 is 0 Å². The highest BCUT2D eigenvalue weighted by Gasteiger charge is 2.16. The fraction of sp³-hybridized carbons (Fsp3) is 0.412. The van der Waals surface area contributed by atoms with Crippen molar-refractivity contribution >= 4 is 11.3 Å². The van der Waals surface area contributed by atoms with Crippen LogP contribution in [0.5, 0.6) is 0 Å². The summed E-state index contributed by atoms with van der Waals surface area (Å²) in [5.41, 5.74) is 4.09. The van der Waals surface area contributed by atoms with Crippen LogP contribution in [0.3, 0.4) is 0 Å². The van der Waals surface area contributed by atoms with Crippen LogP contribution in [-0.2, 0) is 24.4 Å². The Balaban J connectivity index is 1.80. The van der Waals surface area contributed by atoms with Crippen molar-refractivity contribution in [1.29, 1.82) is 0 Å². The molecule has 0 spiro atoms. The summed E-state index contributed by atoms with van der Waals surface area (Å²) in [5.74, 6) is 0. The third kappa shape index (κ3) is 3.11. The summed E-state index contributed by atoms with van der Waals surface area (Å²) in [5, 5.41) is 5.84. The Hall–Kier alpha value is -1.16. The summed E-state index contributed by atoms with van der Waals surface area (Å²) in [7, 11) is 0. The Bertz CT molecular complexity index is 550. The molecule has 0 saturated carbocycles. The summed E-state index contributed by atoms with van der Waals surface area (Å²) < 4.78 is 5.52. The first-order valence-electron chi connectivity index (χ1n) is 7.32. The molecule has 1 aromatic heterocycles. The minimum Gasteiger partial charge on any atom is -0.372 e. The molecule has 1 aromatic carbocycles. The normalized spacial score (nSPS) is 15.2. The molecule has 0 aliphatic carbocycles. The molecule has 0 radical (unpaired) electrons. The maximum absolute atomic E-state index is 5.52. The minimum absolute atomic E-state index is 0.402. The molecule has 1 unspecified atom stereocenters. The lowest BCUT2D eigenvalue weighted by atomic mass is 9.98. The number of nitrogens with one attached hydrogen (secondary N) is 1. The highest BCUT2D eigenvalue weighted by Crippen LogP contribution is 2.26. The third-order valence-corrected chi connectivity index (χ3v) is 4.67. The summed E-state index contributed by atoms with van der Waals surface area (Å²) in [6, 6.07) is 11.6. The van der Waals surface area contributed by atoms with E-state index in [9.17, 15) is 0 Å². The molecular formula is C17H21NOS. The number of benzene rings is 1. The molecular weight excluding hydrogens is 266 g/mol. The standard InChI is InChI=1S/C17H21NOS/c1-2-7-18-17(10-16-4-3-8-20-16)13-5-6-14-11-19-12-15(14)9-13/h3-6,8-9,17-18H,2,7,10-12H2,1H3. The van der Waals surface area contributed by atoms with Crippen molar-refractivity contribution in [2.75, 3.05) is 6.54 Å². The van der Waals surface area contributed by atoms with Gasteiger partial charge in [-0.25, -0.2) is 0 Å². The Kier molecular flexibility index (Phi) is 4.51. The number of fused-ring (bicyclic) bond motifs is 1. The number of thiophene rings is 1. The van der Waals surface area contributed by atoms with Gasteiger partial charge in [0.05, 0.1) is 13.2 Å². The monoisotopic (exact) mass is 287 g/mol. The van der Waals surface area contributed by atoms with Gasteiger partial charge in [0.15, 0.2) is 0 Å². The maximum atomic E-state index is 5.52. The molecule has 0 fully saturated rings. The third-order valence-electron chi connectivity index (χ3n) is 3.77. The smallest absolute Gasteiger partial charge is 0.0725 e. The largest absolute Gasteiger partial charge is 0.372 e. The van der Waals surface area contributed by atoms with Crippen LogP contribution in [0.15, 0.2) is 35.7 Å². The van der Waals surface area contributed by atoms with Crippen molar-refractivity contribution in [3.05, 3.63) is 57.3 Å². The van der Waals surface area contributed by atoms with E-state index in [4.69, 9.17) is 4.74 Å². The minimum atomic E-state index is 0.402. The zero-order valence-electron chi connectivity index (χ0n) is 11.9. The van der Waals surface area contributed by atoms with Crippen LogP contribution in [0.4, 0.5) is 0 Å². The molecule has 1 aliphatic rings. The zero-order valence-corrected chi connectivity index (χ0v) is 12.7. The summed E-state index contributed by atoms with van der Waals surface area (Å²) in [6.07, 6.45) is 2.23. The van der Waals surface area contributed by atoms with Crippen LogP contribution in [-0.4, -0.2) is 6.54 Å². The first-order chi connectivity index (χ1) is 9.86. The van der Waals surface area contributed by atoms with Crippen LogP contribution in [0.1, 0.15) is 41.0 Å². The van der Waals surface area contributed by atoms with Gasteiger partial charge in [-0.2, -0.15) is 0 Å². The second-order valence-electron chi connectivity index (χ2n) is 5.31. The van der Waals surface area contributed by atoms with Gasteiger partial charge in [-0.1, -0.05) is 31.2 Å². The van der Waals surface area contributed by atoms with E-state index in [2.05, 4.69) is 48.0 Å². The van der Waals surface area contributed by atoms with E-state index in [-0.39, 0.29) is 0 Å². The van der Waals surface area contributed by atoms with Crippen molar-refractivity contribution in [3.8, 4) is 0 Å². The van der Waals surface area contributed by atoms with Crippen molar-refractivity contribution in [1.82, 2.24) is 5.32 Å². The molecule has 106 valence electrons. The van der Waals surface area contributed by atoms with Crippen LogP contribution in [0.25, 0.3) is 0 Å². The van der Waals surface area contributed by atoms with E-state index in [1.165, 1.54) is 21.6 Å². The molecule has 20 heavy (non-hydrogen) atoms. The van der Waals surface area contributed by atoms with E-state index in [0.29, 0.717) is 6.04 Å². The van der Waals surface area contributed by atoms with E-state index in [1.54, 1.807) is 0 Å². The van der Waals surface area contributed by atoms with Gasteiger partial charge in [0, 0.05) is 17.3 Å². The number of rotatable bonds is 6. The van der Waals surface area contributed by atoms with Gasteiger partial charge >= 0.3 is 0 Å². The fourth-order valence-electron chi connectivity index (χ4n) is 2.67. The van der Waals surface area contributed by atoms with Gasteiger partial charge in [0.25, 0.3) is 0 Å². The van der Waals surface area contributed by atoms with Crippen molar-refractivity contribution in [3.63, 3.8) is 0 Å². The molecule has 0 amide bonds. The van der Waals surface area contributed by atoms with Gasteiger partial charge in [-0.3, -0.25) is 0 Å². The Labute approximate surface area is 124 Å². The first kappa shape index (κ1) is 13.8. The summed E-state index contributed by atoms with van der Waals surface area (Å²) in [4.78, 5) is 1.44. The lowest BCUT2D eigenvalue weighted by Gasteiger charge is -2.19. The fourth-order valence-corrected chi connectivity index (χ4v) is 3.42. The molecule has 1 atom stereocenters. The molecule has 2 heterocycles. The lowest BCUT2D eigenvalue weighted by Crippen LogP contribution is -2.24. The molecule has 0 bridgehead atoms. The highest BCUT2D eigenvalue weighted by atomic mass is 32.1. The van der Waals surface area contributed by atoms with Gasteiger partial charge in [-0.15, -0.1) is 11.3 Å². The number of hydrogen-bond donors (Lipinski definition) is 1. The van der Waals surface area contributed by atoms with Crippen LogP contribution in [0.2, 0.25) is 0 Å². The van der Waals surface area contributed by atoms with E-state index in [1.807, 2.05) is 11.3 Å². The SMILES string of the molecule is CCCNC(Cc1cccs1)c1ccc2c(c1)COC2. The van der Waals surface area contributed by atoms with Crippen LogP contribution in [0, 0.1) is 0 Å². The van der Waals surface area contributed by atoms with E-state index in [0.717, 1.165) is 32.6 Å². The number of hydrogen-bond acceptors (Lipinski definition) is 3. The molecule has 2 nitrogen and oxygen atoms in total. The number of ether oxygens (including phenoxy) is 1. The lowest BCUT2D eigenvalue weighted by molar-refractivity contribution is 0.134. The second-order valence-corrected chi connectivity index (χ2v) is 6.34. The Morgan fingerprint density at radius 1 is 1.25 bits per heavy atom. The Morgan fingerprint density at radius 3 is 2.95 bits per heavy atom. The predicted octanol–water partition coefficient (Wildman–Crippen LogP) is 4.06. The molecule has 0 saturated heterocycles. The highest BCUT2D eigenvalue weighted by molar-refractivity contribution is 7.09. The Morgan fingerprint density at radius 2 is 2.15 bits per heavy atom. The first-order valence-corrected chi connectivity index (χ1v) is 8.20. The summed E-state index contributed by atoms with van der Waals surface area (Å²) >= 11 is 1.84. The summed E-state index contributed by atoms with van der Waals surface area (Å²) in [6.45, 7) is 4.81. The zero-order chi connectivity index (χ0) is 13.8. The molecule has 3 rings (SSSR count). The van der Waals surface area contributed by atoms with Crippen molar-refractivity contribution in [2.24, 2.45) is 0 Å². The average molecular weight is 287 g/mol. The predicted molar refractivity (Wildman–Crippen MR) is 84.0 cm³/mol. The topological polar surface area (TPSA) is 21.3 Å². The van der Waals surface area contributed by atoms with Crippen molar-refractivity contribution < 1.29 is 4.74 Å². The van der Waals surface area contributed by atoms with Crippen LogP contribution < -0.4 is 5.32 Å². The molecule has 2 aromatic rings. The maximum Gasteiger partial charge on any atom is 0.0725 e. The van der Waals surface area contributed by atoms with Gasteiger partial charge in [0.1, 0.15) is 0 Å². The second kappa shape index (κ2) is 6.53. The molecule has 3 heteroatoms.